The Hall–Kier alpha value is -2.30. The molecule has 0 aliphatic carbocycles. The highest BCUT2D eigenvalue weighted by atomic mass is 35.5. The molecule has 1 aromatic carbocycles. The summed E-state index contributed by atoms with van der Waals surface area (Å²) in [6.07, 6.45) is 5.94. The molecule has 0 aliphatic heterocycles. The first-order valence-corrected chi connectivity index (χ1v) is 7.33. The summed E-state index contributed by atoms with van der Waals surface area (Å²) >= 11 is 5.85. The molecule has 2 aromatic heterocycles. The van der Waals surface area contributed by atoms with Crippen LogP contribution in [0.3, 0.4) is 0 Å². The Balaban J connectivity index is 1.83. The number of benzene rings is 1. The van der Waals surface area contributed by atoms with Crippen molar-refractivity contribution in [1.29, 1.82) is 0 Å². The Bertz CT molecular complexity index is 761. The average Bonchev–Trinajstić information content (AvgIpc) is 2.56. The molecule has 0 bridgehead atoms. The Kier molecular flexibility index (Phi) is 4.42. The SMILES string of the molecule is NC(Cc1cccc(-c2ccnc(Cl)n2)c1)c1cccnc1. The van der Waals surface area contributed by atoms with Gasteiger partial charge in [-0.2, -0.15) is 0 Å². The molecule has 0 spiro atoms. The van der Waals surface area contributed by atoms with E-state index in [1.54, 1.807) is 18.6 Å². The van der Waals surface area contributed by atoms with E-state index in [9.17, 15) is 0 Å². The largest absolute Gasteiger partial charge is 0.324 e. The molecule has 3 rings (SSSR count). The van der Waals surface area contributed by atoms with Gasteiger partial charge in [-0.15, -0.1) is 0 Å². The normalized spacial score (nSPS) is 12.1. The van der Waals surface area contributed by atoms with Gasteiger partial charge >= 0.3 is 0 Å². The highest BCUT2D eigenvalue weighted by Crippen LogP contribution is 2.22. The van der Waals surface area contributed by atoms with Crippen LogP contribution in [0.5, 0.6) is 0 Å². The van der Waals surface area contributed by atoms with Gasteiger partial charge in [0.1, 0.15) is 0 Å². The van der Waals surface area contributed by atoms with Gasteiger partial charge in [-0.05, 0) is 47.3 Å². The van der Waals surface area contributed by atoms with Crippen LogP contribution in [-0.2, 0) is 6.42 Å². The summed E-state index contributed by atoms with van der Waals surface area (Å²) in [6, 6.07) is 13.8. The highest BCUT2D eigenvalue weighted by Gasteiger charge is 2.08. The molecule has 0 radical (unpaired) electrons. The van der Waals surface area contributed by atoms with E-state index in [1.165, 1.54) is 0 Å². The minimum atomic E-state index is -0.0852. The predicted octanol–water partition coefficient (Wildman–Crippen LogP) is 3.43. The average molecular weight is 311 g/mol. The predicted molar refractivity (Wildman–Crippen MR) is 87.3 cm³/mol. The van der Waals surface area contributed by atoms with Crippen LogP contribution >= 0.6 is 11.6 Å². The van der Waals surface area contributed by atoms with E-state index < -0.39 is 0 Å². The summed E-state index contributed by atoms with van der Waals surface area (Å²) in [5.74, 6) is 0. The molecule has 0 saturated heterocycles. The fourth-order valence-electron chi connectivity index (χ4n) is 2.32. The van der Waals surface area contributed by atoms with Crippen molar-refractivity contribution < 1.29 is 0 Å². The molecule has 3 aromatic rings. The second kappa shape index (κ2) is 6.64. The third kappa shape index (κ3) is 3.47. The van der Waals surface area contributed by atoms with E-state index in [1.807, 2.05) is 30.3 Å². The van der Waals surface area contributed by atoms with Crippen molar-refractivity contribution in [2.45, 2.75) is 12.5 Å². The zero-order valence-corrected chi connectivity index (χ0v) is 12.6. The van der Waals surface area contributed by atoms with Gasteiger partial charge in [-0.3, -0.25) is 4.98 Å². The summed E-state index contributed by atoms with van der Waals surface area (Å²) in [7, 11) is 0. The fourth-order valence-corrected chi connectivity index (χ4v) is 2.47. The third-order valence-corrected chi connectivity index (χ3v) is 3.60. The molecule has 0 aliphatic rings. The maximum Gasteiger partial charge on any atom is 0.222 e. The van der Waals surface area contributed by atoms with Crippen LogP contribution < -0.4 is 5.73 Å². The lowest BCUT2D eigenvalue weighted by Gasteiger charge is -2.12. The Morgan fingerprint density at radius 2 is 2.00 bits per heavy atom. The summed E-state index contributed by atoms with van der Waals surface area (Å²) in [6.45, 7) is 0. The second-order valence-electron chi connectivity index (χ2n) is 5.01. The monoisotopic (exact) mass is 310 g/mol. The summed E-state index contributed by atoms with van der Waals surface area (Å²) in [5, 5.41) is 0.245. The highest BCUT2D eigenvalue weighted by molar-refractivity contribution is 6.28. The summed E-state index contributed by atoms with van der Waals surface area (Å²) in [4.78, 5) is 12.2. The molecule has 1 atom stereocenters. The van der Waals surface area contributed by atoms with E-state index in [4.69, 9.17) is 17.3 Å². The smallest absolute Gasteiger partial charge is 0.222 e. The molecule has 0 amide bonds. The van der Waals surface area contributed by atoms with Crippen LogP contribution in [0.1, 0.15) is 17.2 Å². The Labute approximate surface area is 134 Å². The van der Waals surface area contributed by atoms with Crippen LogP contribution in [0.4, 0.5) is 0 Å². The van der Waals surface area contributed by atoms with Gasteiger partial charge in [0.15, 0.2) is 0 Å². The van der Waals surface area contributed by atoms with Crippen molar-refractivity contribution in [3.8, 4) is 11.3 Å². The van der Waals surface area contributed by atoms with Crippen molar-refractivity contribution in [3.05, 3.63) is 77.5 Å². The number of pyridine rings is 1. The Morgan fingerprint density at radius 1 is 1.09 bits per heavy atom. The van der Waals surface area contributed by atoms with Gasteiger partial charge in [-0.25, -0.2) is 9.97 Å². The van der Waals surface area contributed by atoms with E-state index in [-0.39, 0.29) is 11.3 Å². The zero-order valence-electron chi connectivity index (χ0n) is 11.9. The quantitative estimate of drug-likeness (QED) is 0.750. The molecule has 5 heteroatoms. The first-order valence-electron chi connectivity index (χ1n) is 6.96. The van der Waals surface area contributed by atoms with E-state index in [0.717, 1.165) is 28.8 Å². The van der Waals surface area contributed by atoms with Crippen LogP contribution in [0.25, 0.3) is 11.3 Å². The first kappa shape index (κ1) is 14.6. The molecule has 1 unspecified atom stereocenters. The molecule has 2 N–H and O–H groups in total. The number of halogens is 1. The number of aromatic nitrogens is 3. The molecule has 110 valence electrons. The lowest BCUT2D eigenvalue weighted by atomic mass is 9.99. The van der Waals surface area contributed by atoms with Crippen molar-refractivity contribution in [3.63, 3.8) is 0 Å². The number of nitrogens with two attached hydrogens (primary N) is 1. The number of rotatable bonds is 4. The maximum atomic E-state index is 6.25. The van der Waals surface area contributed by atoms with E-state index in [0.29, 0.717) is 0 Å². The Morgan fingerprint density at radius 3 is 2.77 bits per heavy atom. The number of hydrogen-bond donors (Lipinski definition) is 1. The topological polar surface area (TPSA) is 64.7 Å². The standard InChI is InChI=1S/C17H15ClN4/c18-17-21-8-6-16(22-17)13-4-1-3-12(9-13)10-15(19)14-5-2-7-20-11-14/h1-9,11,15H,10,19H2. The van der Waals surface area contributed by atoms with Gasteiger partial charge in [0.25, 0.3) is 0 Å². The van der Waals surface area contributed by atoms with Crippen molar-refractivity contribution in [2.75, 3.05) is 0 Å². The maximum absolute atomic E-state index is 6.25. The molecule has 2 heterocycles. The van der Waals surface area contributed by atoms with Crippen LogP contribution in [0.2, 0.25) is 5.28 Å². The van der Waals surface area contributed by atoms with Crippen LogP contribution in [0, 0.1) is 0 Å². The molecular weight excluding hydrogens is 296 g/mol. The van der Waals surface area contributed by atoms with Gasteiger partial charge in [0.2, 0.25) is 5.28 Å². The molecule has 4 nitrogen and oxygen atoms in total. The third-order valence-electron chi connectivity index (χ3n) is 3.42. The summed E-state index contributed by atoms with van der Waals surface area (Å²) in [5.41, 5.74) is 10.2. The summed E-state index contributed by atoms with van der Waals surface area (Å²) < 4.78 is 0. The van der Waals surface area contributed by atoms with Gasteiger partial charge in [0.05, 0.1) is 5.69 Å². The minimum Gasteiger partial charge on any atom is -0.324 e. The van der Waals surface area contributed by atoms with Crippen molar-refractivity contribution in [2.24, 2.45) is 5.73 Å². The fraction of sp³-hybridized carbons (Fsp3) is 0.118. The van der Waals surface area contributed by atoms with E-state index >= 15 is 0 Å². The lowest BCUT2D eigenvalue weighted by Crippen LogP contribution is -2.13. The lowest BCUT2D eigenvalue weighted by molar-refractivity contribution is 0.718. The molecule has 0 saturated carbocycles. The van der Waals surface area contributed by atoms with Gasteiger partial charge in [0, 0.05) is 30.2 Å². The van der Waals surface area contributed by atoms with E-state index in [2.05, 4.69) is 27.1 Å². The second-order valence-corrected chi connectivity index (χ2v) is 5.35. The van der Waals surface area contributed by atoms with Gasteiger partial charge < -0.3 is 5.73 Å². The zero-order chi connectivity index (χ0) is 15.4. The molecule has 0 fully saturated rings. The molecule has 22 heavy (non-hydrogen) atoms. The van der Waals surface area contributed by atoms with Crippen LogP contribution in [0.15, 0.2) is 61.1 Å². The minimum absolute atomic E-state index is 0.0852. The first-order chi connectivity index (χ1) is 10.7. The van der Waals surface area contributed by atoms with Gasteiger partial charge in [-0.1, -0.05) is 24.3 Å². The number of nitrogens with zero attached hydrogens (tertiary/aromatic N) is 3. The molecular formula is C17H15ClN4. The van der Waals surface area contributed by atoms with Crippen LogP contribution in [-0.4, -0.2) is 15.0 Å². The van der Waals surface area contributed by atoms with Crippen molar-refractivity contribution >= 4 is 11.6 Å². The van der Waals surface area contributed by atoms with Crippen molar-refractivity contribution in [1.82, 2.24) is 15.0 Å². The number of hydrogen-bond acceptors (Lipinski definition) is 4.